The van der Waals surface area contributed by atoms with Gasteiger partial charge >= 0.3 is 5.63 Å². The third kappa shape index (κ3) is 3.15. The maximum atomic E-state index is 12.2. The van der Waals surface area contributed by atoms with Gasteiger partial charge in [-0.1, -0.05) is 29.8 Å². The Balaban J connectivity index is 1.57. The summed E-state index contributed by atoms with van der Waals surface area (Å²) in [7, 11) is 0. The standard InChI is InChI=1S/C22H20O4/c1-14-6-8-15(9-7-14)20(23)13-25-16-10-11-18-17-4-2-3-5-19(17)22(24)26-21(18)12-16/h6-12H,2-5,13H2,1H3. The minimum absolute atomic E-state index is 0.0518. The van der Waals surface area contributed by atoms with Crippen LogP contribution in [0.4, 0.5) is 0 Å². The van der Waals surface area contributed by atoms with Gasteiger partial charge in [-0.2, -0.15) is 0 Å². The molecule has 0 radical (unpaired) electrons. The normalized spacial score (nSPS) is 13.4. The van der Waals surface area contributed by atoms with Gasteiger partial charge in [0.2, 0.25) is 0 Å². The number of benzene rings is 2. The van der Waals surface area contributed by atoms with Crippen LogP contribution in [0.15, 0.2) is 51.7 Å². The third-order valence-corrected chi connectivity index (χ3v) is 4.94. The molecule has 3 aromatic rings. The maximum absolute atomic E-state index is 12.2. The first-order valence-corrected chi connectivity index (χ1v) is 8.93. The Labute approximate surface area is 151 Å². The van der Waals surface area contributed by atoms with Gasteiger partial charge in [-0.05, 0) is 50.3 Å². The molecule has 0 unspecified atom stereocenters. The maximum Gasteiger partial charge on any atom is 0.339 e. The van der Waals surface area contributed by atoms with Crippen molar-refractivity contribution in [1.82, 2.24) is 0 Å². The summed E-state index contributed by atoms with van der Waals surface area (Å²) >= 11 is 0. The van der Waals surface area contributed by atoms with E-state index in [4.69, 9.17) is 9.15 Å². The molecule has 0 bridgehead atoms. The zero-order valence-electron chi connectivity index (χ0n) is 14.7. The van der Waals surface area contributed by atoms with Crippen molar-refractivity contribution in [2.45, 2.75) is 32.6 Å². The van der Waals surface area contributed by atoms with Crippen molar-refractivity contribution in [3.8, 4) is 5.75 Å². The fourth-order valence-electron chi connectivity index (χ4n) is 3.49. The SMILES string of the molecule is Cc1ccc(C(=O)COc2ccc3c4c(c(=O)oc3c2)CCCC4)cc1. The fourth-order valence-corrected chi connectivity index (χ4v) is 3.49. The zero-order valence-corrected chi connectivity index (χ0v) is 14.7. The molecule has 1 aliphatic rings. The first-order valence-electron chi connectivity index (χ1n) is 8.93. The van der Waals surface area contributed by atoms with E-state index in [2.05, 4.69) is 0 Å². The van der Waals surface area contributed by atoms with E-state index >= 15 is 0 Å². The van der Waals surface area contributed by atoms with E-state index in [-0.39, 0.29) is 18.0 Å². The largest absolute Gasteiger partial charge is 0.485 e. The second-order valence-corrected chi connectivity index (χ2v) is 6.79. The van der Waals surface area contributed by atoms with Crippen LogP contribution in [-0.4, -0.2) is 12.4 Å². The van der Waals surface area contributed by atoms with Crippen LogP contribution in [0.5, 0.6) is 5.75 Å². The van der Waals surface area contributed by atoms with Crippen molar-refractivity contribution >= 4 is 16.8 Å². The average Bonchev–Trinajstić information content (AvgIpc) is 2.67. The number of aryl methyl sites for hydroxylation is 2. The van der Waals surface area contributed by atoms with E-state index in [9.17, 15) is 9.59 Å². The van der Waals surface area contributed by atoms with Gasteiger partial charge in [-0.25, -0.2) is 4.79 Å². The summed E-state index contributed by atoms with van der Waals surface area (Å²) < 4.78 is 11.1. The van der Waals surface area contributed by atoms with E-state index in [1.165, 1.54) is 0 Å². The van der Waals surface area contributed by atoms with Crippen LogP contribution < -0.4 is 10.4 Å². The number of fused-ring (bicyclic) bond motifs is 3. The lowest BCUT2D eigenvalue weighted by atomic mass is 9.91. The molecule has 4 rings (SSSR count). The number of ether oxygens (including phenoxy) is 1. The highest BCUT2D eigenvalue weighted by Crippen LogP contribution is 2.29. The highest BCUT2D eigenvalue weighted by Gasteiger charge is 2.18. The van der Waals surface area contributed by atoms with Crippen LogP contribution in [0.1, 0.15) is 39.9 Å². The second kappa shape index (κ2) is 6.79. The van der Waals surface area contributed by atoms with Gasteiger partial charge in [0.15, 0.2) is 12.4 Å². The van der Waals surface area contributed by atoms with Crippen molar-refractivity contribution in [3.05, 3.63) is 75.1 Å². The number of rotatable bonds is 4. The summed E-state index contributed by atoms with van der Waals surface area (Å²) in [5, 5.41) is 0.969. The predicted molar refractivity (Wildman–Crippen MR) is 100 cm³/mol. The van der Waals surface area contributed by atoms with Crippen LogP contribution in [0.2, 0.25) is 0 Å². The molecule has 0 saturated heterocycles. The molecule has 26 heavy (non-hydrogen) atoms. The topological polar surface area (TPSA) is 56.5 Å². The zero-order chi connectivity index (χ0) is 18.1. The molecule has 1 aromatic heterocycles. The average molecular weight is 348 g/mol. The molecule has 0 amide bonds. The monoisotopic (exact) mass is 348 g/mol. The summed E-state index contributed by atoms with van der Waals surface area (Å²) in [4.78, 5) is 24.4. The molecule has 4 heteroatoms. The molecule has 0 atom stereocenters. The van der Waals surface area contributed by atoms with Gasteiger partial charge in [-0.3, -0.25) is 4.79 Å². The van der Waals surface area contributed by atoms with Gasteiger partial charge in [0.25, 0.3) is 0 Å². The van der Waals surface area contributed by atoms with Crippen LogP contribution in [0.3, 0.4) is 0 Å². The van der Waals surface area contributed by atoms with Crippen LogP contribution in [0, 0.1) is 6.92 Å². The molecule has 0 spiro atoms. The molecule has 2 aromatic carbocycles. The molecule has 0 N–H and O–H groups in total. The third-order valence-electron chi connectivity index (χ3n) is 4.94. The van der Waals surface area contributed by atoms with E-state index in [0.717, 1.165) is 47.8 Å². The quantitative estimate of drug-likeness (QED) is 0.523. The number of hydrogen-bond donors (Lipinski definition) is 0. The van der Waals surface area contributed by atoms with Crippen LogP contribution >= 0.6 is 0 Å². The van der Waals surface area contributed by atoms with Gasteiger partial charge in [0.05, 0.1) is 0 Å². The van der Waals surface area contributed by atoms with Crippen molar-refractivity contribution in [1.29, 1.82) is 0 Å². The lowest BCUT2D eigenvalue weighted by molar-refractivity contribution is 0.0921. The van der Waals surface area contributed by atoms with E-state index < -0.39 is 0 Å². The fraction of sp³-hybridized carbons (Fsp3) is 0.273. The van der Waals surface area contributed by atoms with E-state index in [1.807, 2.05) is 31.2 Å². The Morgan fingerprint density at radius 2 is 1.77 bits per heavy atom. The smallest absolute Gasteiger partial charge is 0.339 e. The number of ketones is 1. The van der Waals surface area contributed by atoms with E-state index in [0.29, 0.717) is 16.9 Å². The van der Waals surface area contributed by atoms with Gasteiger partial charge in [0, 0.05) is 22.6 Å². The molecular formula is C22H20O4. The first-order chi connectivity index (χ1) is 12.6. The van der Waals surface area contributed by atoms with Crippen molar-refractivity contribution in [2.24, 2.45) is 0 Å². The first kappa shape index (κ1) is 16.6. The lowest BCUT2D eigenvalue weighted by Gasteiger charge is -2.16. The van der Waals surface area contributed by atoms with Crippen LogP contribution in [-0.2, 0) is 12.8 Å². The highest BCUT2D eigenvalue weighted by molar-refractivity contribution is 5.97. The number of carbonyl (C=O) groups excluding carboxylic acids is 1. The summed E-state index contributed by atoms with van der Waals surface area (Å²) in [5.41, 5.74) is 3.92. The minimum Gasteiger partial charge on any atom is -0.485 e. The Kier molecular flexibility index (Phi) is 4.33. The van der Waals surface area contributed by atoms with Gasteiger partial charge in [0.1, 0.15) is 11.3 Å². The molecule has 0 saturated carbocycles. The highest BCUT2D eigenvalue weighted by atomic mass is 16.5. The number of Topliss-reactive ketones (excluding diaryl/α,β-unsaturated/α-hetero) is 1. The molecule has 0 aliphatic heterocycles. The second-order valence-electron chi connectivity index (χ2n) is 6.79. The molecule has 0 fully saturated rings. The van der Waals surface area contributed by atoms with Crippen molar-refractivity contribution < 1.29 is 13.9 Å². The Morgan fingerprint density at radius 3 is 2.54 bits per heavy atom. The lowest BCUT2D eigenvalue weighted by Crippen LogP contribution is -2.16. The van der Waals surface area contributed by atoms with Crippen molar-refractivity contribution in [3.63, 3.8) is 0 Å². The molecule has 1 aliphatic carbocycles. The Morgan fingerprint density at radius 1 is 1.04 bits per heavy atom. The Hall–Kier alpha value is -2.88. The molecule has 1 heterocycles. The molecule has 4 nitrogen and oxygen atoms in total. The summed E-state index contributed by atoms with van der Waals surface area (Å²) in [6.07, 6.45) is 3.82. The summed E-state index contributed by atoms with van der Waals surface area (Å²) in [6.45, 7) is 1.93. The van der Waals surface area contributed by atoms with Crippen LogP contribution in [0.25, 0.3) is 11.0 Å². The van der Waals surface area contributed by atoms with E-state index in [1.54, 1.807) is 18.2 Å². The summed E-state index contributed by atoms with van der Waals surface area (Å²) in [6, 6.07) is 12.9. The predicted octanol–water partition coefficient (Wildman–Crippen LogP) is 4.24. The molecule has 132 valence electrons. The molecular weight excluding hydrogens is 328 g/mol. The number of carbonyl (C=O) groups is 1. The minimum atomic E-state index is -0.250. The van der Waals surface area contributed by atoms with Gasteiger partial charge < -0.3 is 9.15 Å². The van der Waals surface area contributed by atoms with Gasteiger partial charge in [-0.15, -0.1) is 0 Å². The van der Waals surface area contributed by atoms with Crippen molar-refractivity contribution in [2.75, 3.05) is 6.61 Å². The Bertz CT molecular complexity index is 1030. The summed E-state index contributed by atoms with van der Waals surface area (Å²) in [5.74, 6) is 0.439. The number of hydrogen-bond acceptors (Lipinski definition) is 4.